The summed E-state index contributed by atoms with van der Waals surface area (Å²) in [5.41, 5.74) is 9.43. The Hall–Kier alpha value is -4.39. The Morgan fingerprint density at radius 3 is 0.882 bits per heavy atom. The molecular weight excluding hydrogens is 905 g/mol. The van der Waals surface area contributed by atoms with Gasteiger partial charge in [0.25, 0.3) is 0 Å². The van der Waals surface area contributed by atoms with Gasteiger partial charge in [-0.15, -0.1) is 11.1 Å². The second kappa shape index (κ2) is 22.1. The van der Waals surface area contributed by atoms with Gasteiger partial charge in [-0.3, -0.25) is 0 Å². The number of rotatable bonds is 18. The van der Waals surface area contributed by atoms with E-state index in [1.807, 2.05) is 0 Å². The average Bonchev–Trinajstić information content (AvgIpc) is 3.31. The highest BCUT2D eigenvalue weighted by Crippen LogP contribution is 2.43. The van der Waals surface area contributed by atoms with Crippen molar-refractivity contribution >= 4 is 70.0 Å². The summed E-state index contributed by atoms with van der Waals surface area (Å²) in [6.07, 6.45) is 13.4. The van der Waals surface area contributed by atoms with E-state index in [1.165, 1.54) is 49.9 Å². The average molecular weight is 973 g/mol. The molecule has 0 saturated carbocycles. The molecule has 0 saturated heterocycles. The zero-order chi connectivity index (χ0) is 49.8. The Labute approximate surface area is 401 Å². The molecule has 0 aromatic heterocycles. The molecule has 0 nitrogen and oxygen atoms in total. The van der Waals surface area contributed by atoms with Crippen LogP contribution in [0.5, 0.6) is 0 Å². The van der Waals surface area contributed by atoms with Crippen molar-refractivity contribution in [1.29, 1.82) is 0 Å². The van der Waals surface area contributed by atoms with Crippen molar-refractivity contribution < 1.29 is 35.1 Å². The lowest BCUT2D eigenvalue weighted by molar-refractivity contribution is 0.418. The van der Waals surface area contributed by atoms with Crippen LogP contribution in [0.2, 0.25) is 34.3 Å². The fourth-order valence-corrected chi connectivity index (χ4v) is 19.6. The van der Waals surface area contributed by atoms with Crippen LogP contribution in [0.1, 0.15) is 157 Å². The molecule has 0 radical (unpaired) electrons. The third kappa shape index (κ3) is 10.1. The molecule has 0 atom stereocenters. The first kappa shape index (κ1) is 53.0. The summed E-state index contributed by atoms with van der Waals surface area (Å²) in [5, 5.41) is 0.626. The first-order valence-corrected chi connectivity index (χ1v) is 29.8. The molecule has 0 aliphatic carbocycles. The smallest absolute Gasteiger partial charge is 0.198 e. The summed E-state index contributed by atoms with van der Waals surface area (Å²) in [7, 11) is -4.96. The minimum atomic E-state index is -2.48. The molecule has 6 rings (SSSR count). The second-order valence-corrected chi connectivity index (χ2v) is 30.9. The van der Waals surface area contributed by atoms with Gasteiger partial charge in [0.05, 0.1) is 0 Å². The lowest BCUT2D eigenvalue weighted by Crippen LogP contribution is -2.40. The summed E-state index contributed by atoms with van der Waals surface area (Å²) >= 11 is 0. The van der Waals surface area contributed by atoms with E-state index in [2.05, 4.69) is 92.2 Å². The van der Waals surface area contributed by atoms with Gasteiger partial charge in [-0.2, -0.15) is 0 Å². The van der Waals surface area contributed by atoms with Crippen LogP contribution >= 0.6 is 0 Å². The first-order chi connectivity index (χ1) is 32.3. The van der Waals surface area contributed by atoms with Gasteiger partial charge in [-0.25, -0.2) is 35.1 Å². The Morgan fingerprint density at radius 2 is 0.588 bits per heavy atom. The monoisotopic (exact) mass is 972 g/mol. The zero-order valence-corrected chi connectivity index (χ0v) is 43.7. The lowest BCUT2D eigenvalue weighted by Gasteiger charge is -2.34. The van der Waals surface area contributed by atoms with Crippen LogP contribution in [0.3, 0.4) is 0 Å². The molecule has 0 aliphatic heterocycles. The molecule has 0 heterocycles. The number of fused-ring (bicyclic) bond motifs is 5. The van der Waals surface area contributed by atoms with Crippen LogP contribution in [0.4, 0.5) is 35.1 Å². The number of benzene rings is 6. The van der Waals surface area contributed by atoms with Gasteiger partial charge in [0.1, 0.15) is 16.1 Å². The molecule has 0 fully saturated rings. The molecule has 0 aliphatic rings. The van der Waals surface area contributed by atoms with E-state index in [4.69, 9.17) is 0 Å². The molecular formula is C58H68F8Si2. The minimum absolute atomic E-state index is 0.231. The third-order valence-electron chi connectivity index (χ3n) is 15.3. The van der Waals surface area contributed by atoms with Crippen LogP contribution in [0, 0.1) is 69.5 Å². The lowest BCUT2D eigenvalue weighted by atomic mass is 9.88. The van der Waals surface area contributed by atoms with Crippen molar-refractivity contribution in [2.24, 2.45) is 0 Å². The van der Waals surface area contributed by atoms with E-state index >= 15 is 26.3 Å². The van der Waals surface area contributed by atoms with Crippen molar-refractivity contribution in [1.82, 2.24) is 0 Å². The zero-order valence-electron chi connectivity index (χ0n) is 41.7. The highest BCUT2D eigenvalue weighted by molar-refractivity contribution is 6.90. The van der Waals surface area contributed by atoms with Crippen molar-refractivity contribution in [2.45, 2.75) is 181 Å². The molecule has 0 unspecified atom stereocenters. The maximum absolute atomic E-state index is 16.0. The predicted octanol–water partition coefficient (Wildman–Crippen LogP) is 19.6. The van der Waals surface area contributed by atoms with Crippen molar-refractivity contribution in [3.8, 4) is 22.9 Å². The largest absolute Gasteiger partial charge is 0.203 e. The fourth-order valence-electron chi connectivity index (χ4n) is 10.9. The van der Waals surface area contributed by atoms with Gasteiger partial charge >= 0.3 is 0 Å². The summed E-state index contributed by atoms with van der Waals surface area (Å²) < 4.78 is 123. The fraction of sp³-hybridized carbons (Fsp3) is 0.483. The first-order valence-electron chi connectivity index (χ1n) is 25.1. The Balaban J connectivity index is 1.79. The standard InChI is InChI=1S/C58H68F8Si2/c1-11-13-15-17-19-21-25-67(35(3)4,36(5)6)27-23-41-43-29-39-31-47-48(52(60)56(64)55(63)51(47)59)32-40(39)30-44(43)42(24-28-68(37(7)8,38(9)10)26-22-20-18-16-14-12-2)46-34-50-49(33-45(41)46)53(61)57(65)58(66)54(50)62/h29-38H,11-22,25-26H2,1-10H3. The topological polar surface area (TPSA) is 0 Å². The SMILES string of the molecule is CCCCCCCC[Si](C#Cc1c2cc3cc4c(F)c(F)c(F)c(F)c4cc3cc2c(C#C[Si](CCCCCCCC)(C(C)C)C(C)C)c2cc3c(F)c(F)c(F)c(F)c3cc12)(C(C)C)C(C)C. The summed E-state index contributed by atoms with van der Waals surface area (Å²) in [4.78, 5) is 0. The Bertz CT molecular complexity index is 2750. The van der Waals surface area contributed by atoms with E-state index in [0.29, 0.717) is 43.4 Å². The normalized spacial score (nSPS) is 12.5. The number of hydrogen-bond donors (Lipinski definition) is 0. The van der Waals surface area contributed by atoms with Gasteiger partial charge in [-0.1, -0.05) is 158 Å². The van der Waals surface area contributed by atoms with Crippen LogP contribution in [-0.2, 0) is 0 Å². The van der Waals surface area contributed by atoms with E-state index in [-0.39, 0.29) is 22.2 Å². The quantitative estimate of drug-likeness (QED) is 0.0153. The molecule has 364 valence electrons. The van der Waals surface area contributed by atoms with Crippen LogP contribution in [0.15, 0.2) is 36.4 Å². The minimum Gasteiger partial charge on any atom is -0.203 e. The second-order valence-electron chi connectivity index (χ2n) is 20.6. The van der Waals surface area contributed by atoms with E-state index in [9.17, 15) is 8.78 Å². The number of unbranched alkanes of at least 4 members (excludes halogenated alkanes) is 10. The number of halogens is 8. The molecule has 6 aromatic rings. The van der Waals surface area contributed by atoms with Crippen LogP contribution in [0.25, 0.3) is 53.9 Å². The van der Waals surface area contributed by atoms with E-state index in [1.54, 1.807) is 12.1 Å². The molecule has 0 N–H and O–H groups in total. The summed E-state index contributed by atoms with van der Waals surface area (Å²) in [6, 6.07) is 10.6. The summed E-state index contributed by atoms with van der Waals surface area (Å²) in [6.45, 7) is 22.0. The molecule has 0 amide bonds. The van der Waals surface area contributed by atoms with Gasteiger partial charge in [-0.05, 0) is 103 Å². The highest BCUT2D eigenvalue weighted by atomic mass is 28.3. The molecule has 6 aromatic carbocycles. The van der Waals surface area contributed by atoms with Gasteiger partial charge in [0.2, 0.25) is 0 Å². The number of hydrogen-bond acceptors (Lipinski definition) is 0. The predicted molar refractivity (Wildman–Crippen MR) is 276 cm³/mol. The maximum Gasteiger partial charge on any atom is 0.198 e. The van der Waals surface area contributed by atoms with Crippen molar-refractivity contribution in [3.63, 3.8) is 0 Å². The van der Waals surface area contributed by atoms with Crippen molar-refractivity contribution in [3.05, 3.63) is 94.1 Å². The van der Waals surface area contributed by atoms with Gasteiger partial charge in [0.15, 0.2) is 46.5 Å². The van der Waals surface area contributed by atoms with Gasteiger partial charge < -0.3 is 0 Å². The Kier molecular flexibility index (Phi) is 17.2. The van der Waals surface area contributed by atoms with Crippen LogP contribution < -0.4 is 0 Å². The van der Waals surface area contributed by atoms with E-state index in [0.717, 1.165) is 63.5 Å². The Morgan fingerprint density at radius 1 is 0.338 bits per heavy atom. The molecule has 0 bridgehead atoms. The molecule has 0 spiro atoms. The van der Waals surface area contributed by atoms with Gasteiger partial charge in [0, 0.05) is 32.7 Å². The maximum atomic E-state index is 16.0. The third-order valence-corrected chi connectivity index (χ3v) is 27.1. The highest BCUT2D eigenvalue weighted by Gasteiger charge is 2.39. The molecule has 68 heavy (non-hydrogen) atoms. The summed E-state index contributed by atoms with van der Waals surface area (Å²) in [5.74, 6) is -6.66. The van der Waals surface area contributed by atoms with Crippen LogP contribution in [-0.4, -0.2) is 16.1 Å². The molecule has 10 heteroatoms. The van der Waals surface area contributed by atoms with Crippen molar-refractivity contribution in [2.75, 3.05) is 0 Å². The van der Waals surface area contributed by atoms with E-state index < -0.39 is 84.2 Å².